The Labute approximate surface area is 233 Å². The van der Waals surface area contributed by atoms with Crippen molar-refractivity contribution in [1.82, 2.24) is 4.98 Å². The third-order valence-corrected chi connectivity index (χ3v) is 8.61. The van der Waals surface area contributed by atoms with Gasteiger partial charge in [0.2, 0.25) is 0 Å². The molecule has 2 aliphatic heterocycles. The Balaban J connectivity index is 1.22. The summed E-state index contributed by atoms with van der Waals surface area (Å²) in [5.41, 5.74) is 9.19. The molecular weight excluding hydrogens is 488 g/mol. The maximum absolute atomic E-state index is 6.45. The third-order valence-electron chi connectivity index (χ3n) is 8.61. The molecule has 0 amide bonds. The number of benzene rings is 5. The maximum atomic E-state index is 6.45. The summed E-state index contributed by atoms with van der Waals surface area (Å²) >= 11 is 0. The van der Waals surface area contributed by atoms with Crippen LogP contribution in [0.2, 0.25) is 0 Å². The molecule has 0 saturated heterocycles. The average molecular weight is 517 g/mol. The molecule has 5 aromatic carbocycles. The predicted molar refractivity (Wildman–Crippen MR) is 165 cm³/mol. The fraction of sp³-hybridized carbons (Fsp3) is 0.108. The molecule has 3 heterocycles. The van der Waals surface area contributed by atoms with Gasteiger partial charge in [-0.2, -0.15) is 0 Å². The van der Waals surface area contributed by atoms with Gasteiger partial charge in [-0.3, -0.25) is 4.98 Å². The monoisotopic (exact) mass is 516 g/mol. The minimum Gasteiger partial charge on any atom is -0.457 e. The lowest BCUT2D eigenvalue weighted by molar-refractivity contribution is 0.418. The van der Waals surface area contributed by atoms with Crippen molar-refractivity contribution in [1.29, 1.82) is 0 Å². The molecule has 1 unspecified atom stereocenters. The van der Waals surface area contributed by atoms with E-state index in [4.69, 9.17) is 4.74 Å². The van der Waals surface area contributed by atoms with Crippen LogP contribution in [0, 0.1) is 0 Å². The van der Waals surface area contributed by atoms with E-state index in [1.807, 2.05) is 18.3 Å². The SMILES string of the molecule is CC1(C)c2ccccc2Oc2cc(-c3ccc(C4C=Cc5ccc6cccnc6c5N4)c4ccccc34)ccc21. The van der Waals surface area contributed by atoms with Crippen LogP contribution in [0.5, 0.6) is 11.5 Å². The highest BCUT2D eigenvalue weighted by Gasteiger charge is 2.34. The number of anilines is 1. The Kier molecular flexibility index (Phi) is 4.93. The standard InChI is InChI=1S/C37H28N2O/c1-37(2)30-11-5-6-12-33(30)40-34-22-25(15-19-31(34)37)26-17-18-29(28-10-4-3-9-27(26)28)32-20-16-24-14-13-23-8-7-21-38-35(23)36(24)39-32/h3-22,32,39H,1-2H3. The zero-order chi connectivity index (χ0) is 26.8. The lowest BCUT2D eigenvalue weighted by Crippen LogP contribution is -2.24. The average Bonchev–Trinajstić information content (AvgIpc) is 3.00. The molecule has 6 aromatic rings. The van der Waals surface area contributed by atoms with Crippen molar-refractivity contribution in [2.75, 3.05) is 5.32 Å². The molecule has 8 rings (SSSR count). The fourth-order valence-electron chi connectivity index (χ4n) is 6.51. The van der Waals surface area contributed by atoms with Gasteiger partial charge >= 0.3 is 0 Å². The number of aromatic nitrogens is 1. The van der Waals surface area contributed by atoms with E-state index in [1.54, 1.807) is 0 Å². The van der Waals surface area contributed by atoms with Gasteiger partial charge in [-0.1, -0.05) is 111 Å². The van der Waals surface area contributed by atoms with Gasteiger partial charge in [0.25, 0.3) is 0 Å². The molecule has 40 heavy (non-hydrogen) atoms. The van der Waals surface area contributed by atoms with Crippen LogP contribution in [-0.4, -0.2) is 4.98 Å². The molecule has 0 spiro atoms. The van der Waals surface area contributed by atoms with Gasteiger partial charge < -0.3 is 10.1 Å². The number of hydrogen-bond acceptors (Lipinski definition) is 3. The molecule has 1 aromatic heterocycles. The van der Waals surface area contributed by atoms with Crippen molar-refractivity contribution < 1.29 is 4.74 Å². The van der Waals surface area contributed by atoms with Gasteiger partial charge in [-0.25, -0.2) is 0 Å². The van der Waals surface area contributed by atoms with Gasteiger partial charge in [0.05, 0.1) is 17.2 Å². The first-order chi connectivity index (χ1) is 19.6. The topological polar surface area (TPSA) is 34.1 Å². The van der Waals surface area contributed by atoms with Gasteiger partial charge in [0.1, 0.15) is 11.5 Å². The molecule has 0 fully saturated rings. The van der Waals surface area contributed by atoms with Crippen molar-refractivity contribution in [3.8, 4) is 22.6 Å². The third kappa shape index (κ3) is 3.41. The summed E-state index contributed by atoms with van der Waals surface area (Å²) in [4.78, 5) is 4.69. The lowest BCUT2D eigenvalue weighted by Gasteiger charge is -2.34. The zero-order valence-electron chi connectivity index (χ0n) is 22.5. The first-order valence-electron chi connectivity index (χ1n) is 13.8. The van der Waals surface area contributed by atoms with Crippen molar-refractivity contribution in [2.24, 2.45) is 0 Å². The zero-order valence-corrected chi connectivity index (χ0v) is 22.5. The van der Waals surface area contributed by atoms with Crippen LogP contribution in [0.15, 0.2) is 115 Å². The summed E-state index contributed by atoms with van der Waals surface area (Å²) in [6, 6.07) is 36.7. The molecular formula is C37H28N2O. The molecule has 1 atom stereocenters. The molecule has 0 radical (unpaired) electrons. The Hall–Kier alpha value is -4.89. The minimum absolute atomic E-state index is 0.0447. The fourth-order valence-corrected chi connectivity index (χ4v) is 6.51. The molecule has 192 valence electrons. The molecule has 0 saturated carbocycles. The van der Waals surface area contributed by atoms with Gasteiger partial charge in [0, 0.05) is 28.1 Å². The van der Waals surface area contributed by atoms with Crippen LogP contribution in [0.3, 0.4) is 0 Å². The normalized spacial score (nSPS) is 16.5. The van der Waals surface area contributed by atoms with Crippen LogP contribution in [0.25, 0.3) is 38.9 Å². The van der Waals surface area contributed by atoms with Crippen molar-refractivity contribution in [3.63, 3.8) is 0 Å². The van der Waals surface area contributed by atoms with E-state index in [1.165, 1.54) is 38.6 Å². The van der Waals surface area contributed by atoms with Crippen molar-refractivity contribution in [3.05, 3.63) is 138 Å². The van der Waals surface area contributed by atoms with E-state index in [2.05, 4.69) is 127 Å². The summed E-state index contributed by atoms with van der Waals surface area (Å²) < 4.78 is 6.45. The molecule has 2 aliphatic rings. The van der Waals surface area contributed by atoms with Crippen LogP contribution >= 0.6 is 0 Å². The van der Waals surface area contributed by atoms with E-state index < -0.39 is 0 Å². The Bertz CT molecular complexity index is 2000. The first kappa shape index (κ1) is 23.0. The number of pyridine rings is 1. The quantitative estimate of drug-likeness (QED) is 0.249. The summed E-state index contributed by atoms with van der Waals surface area (Å²) in [5.74, 6) is 1.87. The summed E-state index contributed by atoms with van der Waals surface area (Å²) in [6.07, 6.45) is 6.34. The predicted octanol–water partition coefficient (Wildman–Crippen LogP) is 9.67. The minimum atomic E-state index is -0.122. The number of rotatable bonds is 2. The molecule has 1 N–H and O–H groups in total. The van der Waals surface area contributed by atoms with Crippen LogP contribution in [-0.2, 0) is 5.41 Å². The number of para-hydroxylation sites is 1. The van der Waals surface area contributed by atoms with E-state index >= 15 is 0 Å². The smallest absolute Gasteiger partial charge is 0.132 e. The van der Waals surface area contributed by atoms with E-state index in [0.29, 0.717) is 0 Å². The highest BCUT2D eigenvalue weighted by atomic mass is 16.5. The Morgan fingerprint density at radius 3 is 2.50 bits per heavy atom. The molecule has 0 aliphatic carbocycles. The van der Waals surface area contributed by atoms with Crippen LogP contribution in [0.4, 0.5) is 5.69 Å². The number of nitrogens with one attached hydrogen (secondary N) is 1. The second-order valence-electron chi connectivity index (χ2n) is 11.3. The van der Waals surface area contributed by atoms with E-state index in [-0.39, 0.29) is 11.5 Å². The number of nitrogens with zero attached hydrogens (tertiary/aromatic N) is 1. The second kappa shape index (κ2) is 8.56. The maximum Gasteiger partial charge on any atom is 0.132 e. The highest BCUT2D eigenvalue weighted by Crippen LogP contribution is 2.49. The second-order valence-corrected chi connectivity index (χ2v) is 11.3. The highest BCUT2D eigenvalue weighted by molar-refractivity contribution is 6.01. The largest absolute Gasteiger partial charge is 0.457 e. The van der Waals surface area contributed by atoms with Crippen molar-refractivity contribution in [2.45, 2.75) is 25.3 Å². The summed E-state index contributed by atoms with van der Waals surface area (Å²) in [5, 5.41) is 7.41. The van der Waals surface area contributed by atoms with Gasteiger partial charge in [-0.05, 0) is 51.2 Å². The molecule has 3 heteroatoms. The van der Waals surface area contributed by atoms with Crippen LogP contribution < -0.4 is 10.1 Å². The number of fused-ring (bicyclic) bond motifs is 6. The Morgan fingerprint density at radius 1 is 0.750 bits per heavy atom. The van der Waals surface area contributed by atoms with Crippen LogP contribution in [0.1, 0.15) is 42.1 Å². The first-order valence-corrected chi connectivity index (χ1v) is 13.8. The lowest BCUT2D eigenvalue weighted by atomic mass is 9.75. The van der Waals surface area contributed by atoms with E-state index in [0.717, 1.165) is 33.7 Å². The number of ether oxygens (including phenoxy) is 1. The molecule has 0 bridgehead atoms. The van der Waals surface area contributed by atoms with Gasteiger partial charge in [-0.15, -0.1) is 0 Å². The van der Waals surface area contributed by atoms with Gasteiger partial charge in [0.15, 0.2) is 0 Å². The van der Waals surface area contributed by atoms with Crippen molar-refractivity contribution >= 4 is 33.4 Å². The number of hydrogen-bond donors (Lipinski definition) is 1. The summed E-state index contributed by atoms with van der Waals surface area (Å²) in [7, 11) is 0. The molecule has 3 nitrogen and oxygen atoms in total. The summed E-state index contributed by atoms with van der Waals surface area (Å²) in [6.45, 7) is 4.55. The van der Waals surface area contributed by atoms with E-state index in [9.17, 15) is 0 Å². The Morgan fingerprint density at radius 2 is 1.57 bits per heavy atom.